The number of rotatable bonds is 29. The molecule has 0 saturated carbocycles. The predicted molar refractivity (Wildman–Crippen MR) is 270 cm³/mol. The number of aliphatic carboxylic acids is 1. The van der Waals surface area contributed by atoms with Crippen LogP contribution >= 0.6 is 0 Å². The summed E-state index contributed by atoms with van der Waals surface area (Å²) in [5, 5.41) is 55.1. The molecule has 0 radical (unpaired) electrons. The van der Waals surface area contributed by atoms with Gasteiger partial charge in [0.05, 0.1) is 12.5 Å². The van der Waals surface area contributed by atoms with Crippen LogP contribution in [0.25, 0.3) is 0 Å². The Labute approximate surface area is 452 Å². The van der Waals surface area contributed by atoms with E-state index in [1.54, 1.807) is 13.8 Å². The quantitative estimate of drug-likeness (QED) is 0.0289. The number of hydrogen-bond donors (Lipinski definition) is 7. The molecule has 0 spiro atoms. The van der Waals surface area contributed by atoms with Crippen LogP contribution in [0.4, 0.5) is 0 Å². The molecule has 5 heterocycles. The molecule has 444 valence electrons. The summed E-state index contributed by atoms with van der Waals surface area (Å²) in [6, 6.07) is -2.60. The van der Waals surface area contributed by atoms with E-state index >= 15 is 0 Å². The SMILES string of the molecule is CCCCCCCCCCC[C@@H](CC(=O)O[C@H]1CN(C)[C@@H](C(O[C@@H]2O[C@H](CN)[C@@H](O)[C@H]2O)[C@H]2O[C@@H](n3ccc(=O)[nH]c3=O)[C@H](O)[C@@H]2O)C(=O)N(C)[C@@H]1C(=O)O)OC(=O)C[C@H](C)CC(=O)O[C@@H]1O[C@H](C)[C@@H](OC)[C@@H](OC)[C@H]1OC. The predicted octanol–water partition coefficient (Wildman–Crippen LogP) is -0.944. The van der Waals surface area contributed by atoms with Crippen LogP contribution in [-0.2, 0) is 71.3 Å². The summed E-state index contributed by atoms with van der Waals surface area (Å²) in [4.78, 5) is 97.4. The molecule has 78 heavy (non-hydrogen) atoms. The number of nitrogens with one attached hydrogen (secondary N) is 1. The van der Waals surface area contributed by atoms with Gasteiger partial charge in [-0.15, -0.1) is 0 Å². The van der Waals surface area contributed by atoms with Crippen molar-refractivity contribution in [2.24, 2.45) is 11.7 Å². The van der Waals surface area contributed by atoms with Gasteiger partial charge in [-0.3, -0.25) is 38.4 Å². The van der Waals surface area contributed by atoms with Gasteiger partial charge in [-0.1, -0.05) is 65.2 Å². The molecule has 1 amide bonds. The van der Waals surface area contributed by atoms with E-state index in [1.807, 2.05) is 4.98 Å². The van der Waals surface area contributed by atoms with Gasteiger partial charge in [-0.05, 0) is 32.7 Å². The van der Waals surface area contributed by atoms with Crippen LogP contribution in [0.2, 0.25) is 0 Å². The lowest BCUT2D eigenvalue weighted by atomic mass is 9.97. The molecule has 4 saturated heterocycles. The molecule has 27 heteroatoms. The van der Waals surface area contributed by atoms with Crippen molar-refractivity contribution in [3.05, 3.63) is 33.1 Å². The Balaban J connectivity index is 1.33. The first-order valence-electron chi connectivity index (χ1n) is 26.8. The van der Waals surface area contributed by atoms with Gasteiger partial charge in [0, 0.05) is 66.6 Å². The Morgan fingerprint density at radius 1 is 0.769 bits per heavy atom. The monoisotopic (exact) mass is 1120 g/mol. The fraction of sp³-hybridized carbons (Fsp3) is 0.824. The van der Waals surface area contributed by atoms with Gasteiger partial charge in [0.25, 0.3) is 5.56 Å². The van der Waals surface area contributed by atoms with Crippen LogP contribution in [0, 0.1) is 5.92 Å². The second kappa shape index (κ2) is 30.4. The molecule has 1 aromatic heterocycles. The van der Waals surface area contributed by atoms with Crippen molar-refractivity contribution < 1.29 is 96.9 Å². The summed E-state index contributed by atoms with van der Waals surface area (Å²) in [7, 11) is 6.87. The minimum Gasteiger partial charge on any atom is -0.480 e. The molecule has 4 aliphatic rings. The topological polar surface area (TPSA) is 366 Å². The zero-order chi connectivity index (χ0) is 57.5. The molecular weight excluding hydrogens is 1030 g/mol. The zero-order valence-corrected chi connectivity index (χ0v) is 45.8. The maximum absolute atomic E-state index is 14.7. The van der Waals surface area contributed by atoms with Gasteiger partial charge in [0.15, 0.2) is 18.6 Å². The lowest BCUT2D eigenvalue weighted by Crippen LogP contribution is -2.59. The number of amides is 1. The molecule has 0 bridgehead atoms. The Bertz CT molecular complexity index is 2220. The Morgan fingerprint density at radius 3 is 1.97 bits per heavy atom. The molecule has 5 rings (SSSR count). The number of esters is 3. The van der Waals surface area contributed by atoms with Gasteiger partial charge >= 0.3 is 29.6 Å². The number of nitrogens with two attached hydrogens (primary N) is 1. The van der Waals surface area contributed by atoms with Gasteiger partial charge in [0.2, 0.25) is 12.2 Å². The third-order valence-electron chi connectivity index (χ3n) is 14.9. The first-order chi connectivity index (χ1) is 37.1. The Kier molecular flexibility index (Phi) is 25.0. The van der Waals surface area contributed by atoms with Crippen molar-refractivity contribution >= 4 is 29.8 Å². The highest BCUT2D eigenvalue weighted by atomic mass is 16.7. The number of carbonyl (C=O) groups is 5. The minimum atomic E-state index is -1.97. The maximum atomic E-state index is 14.7. The number of unbranched alkanes of at least 4 members (excludes halogenated alkanes) is 8. The van der Waals surface area contributed by atoms with Crippen molar-refractivity contribution in [3.63, 3.8) is 0 Å². The highest BCUT2D eigenvalue weighted by Crippen LogP contribution is 2.37. The molecule has 0 aromatic carbocycles. The van der Waals surface area contributed by atoms with Gasteiger partial charge in [0.1, 0.15) is 79.3 Å². The van der Waals surface area contributed by atoms with E-state index in [9.17, 15) is 59.1 Å². The van der Waals surface area contributed by atoms with E-state index in [0.717, 1.165) is 73.7 Å². The van der Waals surface area contributed by atoms with Crippen LogP contribution in [0.1, 0.15) is 110 Å². The summed E-state index contributed by atoms with van der Waals surface area (Å²) in [5.41, 5.74) is 3.94. The number of hydrogen-bond acceptors (Lipinski definition) is 23. The number of aliphatic hydroxyl groups is 4. The van der Waals surface area contributed by atoms with E-state index in [-0.39, 0.29) is 25.8 Å². The van der Waals surface area contributed by atoms with Crippen molar-refractivity contribution in [3.8, 4) is 0 Å². The number of carbonyl (C=O) groups excluding carboxylic acids is 4. The smallest absolute Gasteiger partial charge is 0.330 e. The highest BCUT2D eigenvalue weighted by Gasteiger charge is 2.57. The van der Waals surface area contributed by atoms with Gasteiger partial charge < -0.3 is 83.5 Å². The standard InChI is InChI=1S/C51H83N5O22/c1-9-10-11-12-13-14-15-16-17-18-28(73-32(58)21-26(2)22-33(59)76-50-45(71-8)44(70-7)41(69-6)27(3)72-50)23-34(60)74-30-25-54(4)36(46(65)55(5)35(30)48(66)67)42(78-49-40(64)37(61)29(24-52)75-49)43-38(62)39(63)47(77-43)56-20-19-31(57)53-51(56)68/h19-20,26-30,35-45,47,49-50,61-64H,9-18,21-25,52H2,1-8H3,(H,66,67)(H,53,57,68)/t26-,27+,28-,29+,30-,35-,36-,37+,38-,39+,40+,41+,42?,43-,44+,45+,47+,49-,50-/m0/s1. The Hall–Kier alpha value is -4.49. The van der Waals surface area contributed by atoms with Crippen LogP contribution in [0.3, 0.4) is 0 Å². The van der Waals surface area contributed by atoms with Gasteiger partial charge in [-0.2, -0.15) is 0 Å². The Morgan fingerprint density at radius 2 is 1.38 bits per heavy atom. The van der Waals surface area contributed by atoms with Crippen molar-refractivity contribution in [1.82, 2.24) is 19.4 Å². The summed E-state index contributed by atoms with van der Waals surface area (Å²) >= 11 is 0. The van der Waals surface area contributed by atoms with Crippen molar-refractivity contribution in [1.29, 1.82) is 0 Å². The number of carboxylic acid groups (broad SMARTS) is 1. The molecule has 4 fully saturated rings. The molecule has 4 aliphatic heterocycles. The number of aliphatic hydroxyl groups excluding tert-OH is 4. The second-order valence-electron chi connectivity index (χ2n) is 20.7. The molecule has 0 aliphatic carbocycles. The number of methoxy groups -OCH3 is 3. The first kappa shape index (κ1) is 64.3. The minimum absolute atomic E-state index is 0.215. The lowest BCUT2D eigenvalue weighted by Gasteiger charge is -2.43. The van der Waals surface area contributed by atoms with Crippen LogP contribution in [0.5, 0.6) is 0 Å². The molecule has 1 unspecified atom stereocenters. The van der Waals surface area contributed by atoms with E-state index in [4.69, 9.17) is 53.1 Å². The molecule has 8 N–H and O–H groups in total. The van der Waals surface area contributed by atoms with Crippen molar-refractivity contribution in [2.75, 3.05) is 48.5 Å². The first-order valence-corrected chi connectivity index (χ1v) is 26.8. The molecule has 27 nitrogen and oxygen atoms in total. The number of nitrogens with zero attached hydrogens (tertiary/aromatic N) is 3. The highest BCUT2D eigenvalue weighted by molar-refractivity contribution is 5.88. The average Bonchev–Trinajstić information content (AvgIpc) is 3.79. The summed E-state index contributed by atoms with van der Waals surface area (Å²) in [6.45, 7) is 4.74. The normalized spacial score (nSPS) is 32.8. The number of aromatic nitrogens is 2. The average molecular weight is 1120 g/mol. The number of likely N-dealkylation sites (N-methyl/N-ethyl adjacent to an activating group) is 2. The van der Waals surface area contributed by atoms with E-state index in [0.29, 0.717) is 6.42 Å². The van der Waals surface area contributed by atoms with Crippen molar-refractivity contribution in [2.45, 2.75) is 214 Å². The number of aromatic amines is 1. The zero-order valence-electron chi connectivity index (χ0n) is 45.8. The largest absolute Gasteiger partial charge is 0.480 e. The van der Waals surface area contributed by atoms with Crippen LogP contribution in [0.15, 0.2) is 21.9 Å². The molecular formula is C51H83N5O22. The van der Waals surface area contributed by atoms with E-state index < -0.39 is 170 Å². The maximum Gasteiger partial charge on any atom is 0.330 e. The number of ether oxygens (including phenoxy) is 10. The fourth-order valence-electron chi connectivity index (χ4n) is 10.7. The van der Waals surface area contributed by atoms with E-state index in [1.165, 1.54) is 39.7 Å². The number of carboxylic acids is 1. The van der Waals surface area contributed by atoms with Gasteiger partial charge in [-0.25, -0.2) is 9.59 Å². The van der Waals surface area contributed by atoms with Crippen LogP contribution < -0.4 is 17.0 Å². The summed E-state index contributed by atoms with van der Waals surface area (Å²) < 4.78 is 58.7. The second-order valence-corrected chi connectivity index (χ2v) is 20.7. The summed E-state index contributed by atoms with van der Waals surface area (Å²) in [5.74, 6) is -5.57. The lowest BCUT2D eigenvalue weighted by molar-refractivity contribution is -0.297. The summed E-state index contributed by atoms with van der Waals surface area (Å²) in [6.07, 6.45) is -12.6. The number of H-pyrrole nitrogens is 1. The molecule has 1 aromatic rings. The third kappa shape index (κ3) is 16.3. The third-order valence-corrected chi connectivity index (χ3v) is 14.9. The van der Waals surface area contributed by atoms with Crippen LogP contribution in [-0.4, -0.2) is 227 Å². The fourth-order valence-corrected chi connectivity index (χ4v) is 10.7. The molecule has 19 atom stereocenters. The van der Waals surface area contributed by atoms with E-state index in [2.05, 4.69) is 6.92 Å².